The Balaban J connectivity index is 2.33. The molecule has 1 N–H and O–H groups in total. The van der Waals surface area contributed by atoms with E-state index in [9.17, 15) is 4.79 Å². The quantitative estimate of drug-likeness (QED) is 0.890. The number of ether oxygens (including phenoxy) is 2. The number of aliphatic carboxylic acids is 1. The molecule has 18 heavy (non-hydrogen) atoms. The van der Waals surface area contributed by atoms with Gasteiger partial charge in [-0.2, -0.15) is 0 Å². The van der Waals surface area contributed by atoms with Crippen LogP contribution in [-0.4, -0.2) is 24.8 Å². The Bertz CT molecular complexity index is 477. The van der Waals surface area contributed by atoms with E-state index in [0.717, 1.165) is 23.3 Å². The molecule has 0 bridgehead atoms. The van der Waals surface area contributed by atoms with Crippen LogP contribution in [0.1, 0.15) is 25.0 Å². The zero-order chi connectivity index (χ0) is 13.3. The fourth-order valence-corrected chi connectivity index (χ4v) is 2.18. The van der Waals surface area contributed by atoms with Crippen molar-refractivity contribution in [3.05, 3.63) is 23.3 Å². The van der Waals surface area contributed by atoms with Gasteiger partial charge in [0.2, 0.25) is 0 Å². The molecular weight excluding hydrogens is 232 g/mol. The Kier molecular flexibility index (Phi) is 3.20. The fraction of sp³-hybridized carbons (Fsp3) is 0.500. The van der Waals surface area contributed by atoms with Crippen LogP contribution >= 0.6 is 0 Å². The van der Waals surface area contributed by atoms with Crippen molar-refractivity contribution in [3.63, 3.8) is 0 Å². The van der Waals surface area contributed by atoms with Gasteiger partial charge in [-0.15, -0.1) is 0 Å². The largest absolute Gasteiger partial charge is 0.493 e. The summed E-state index contributed by atoms with van der Waals surface area (Å²) in [5.41, 5.74) is 1.30. The van der Waals surface area contributed by atoms with Crippen molar-refractivity contribution >= 4 is 5.97 Å². The van der Waals surface area contributed by atoms with Crippen molar-refractivity contribution in [3.8, 4) is 11.5 Å². The van der Waals surface area contributed by atoms with E-state index in [1.807, 2.05) is 12.1 Å². The van der Waals surface area contributed by atoms with Crippen LogP contribution in [0, 0.1) is 5.41 Å². The SMILES string of the molecule is COc1cc(CC(C)(C)C(=O)O)cc2c1OCC2. The van der Waals surface area contributed by atoms with Gasteiger partial charge in [0, 0.05) is 12.0 Å². The molecule has 4 heteroatoms. The molecule has 1 aromatic rings. The molecule has 0 atom stereocenters. The summed E-state index contributed by atoms with van der Waals surface area (Å²) in [6.45, 7) is 4.12. The van der Waals surface area contributed by atoms with Gasteiger partial charge in [0.25, 0.3) is 0 Å². The second-order valence-corrected chi connectivity index (χ2v) is 5.25. The maximum absolute atomic E-state index is 11.2. The van der Waals surface area contributed by atoms with Gasteiger partial charge in [0.05, 0.1) is 19.1 Å². The Labute approximate surface area is 107 Å². The molecule has 0 spiro atoms. The first-order chi connectivity index (χ1) is 8.44. The van der Waals surface area contributed by atoms with E-state index in [0.29, 0.717) is 18.8 Å². The normalized spacial score (nSPS) is 13.9. The topological polar surface area (TPSA) is 55.8 Å². The molecule has 0 saturated carbocycles. The lowest BCUT2D eigenvalue weighted by Gasteiger charge is -2.20. The summed E-state index contributed by atoms with van der Waals surface area (Å²) in [6, 6.07) is 3.89. The Hall–Kier alpha value is -1.71. The summed E-state index contributed by atoms with van der Waals surface area (Å²) in [5.74, 6) is 0.703. The van der Waals surface area contributed by atoms with Crippen LogP contribution in [0.5, 0.6) is 11.5 Å². The van der Waals surface area contributed by atoms with Gasteiger partial charge < -0.3 is 14.6 Å². The molecular formula is C14H18O4. The predicted molar refractivity (Wildman–Crippen MR) is 67.3 cm³/mol. The molecule has 1 aliphatic heterocycles. The summed E-state index contributed by atoms with van der Waals surface area (Å²) in [6.07, 6.45) is 1.33. The molecule has 4 nitrogen and oxygen atoms in total. The molecule has 0 saturated heterocycles. The lowest BCUT2D eigenvalue weighted by Crippen LogP contribution is -2.26. The summed E-state index contributed by atoms with van der Waals surface area (Å²) < 4.78 is 10.8. The maximum atomic E-state index is 11.2. The van der Waals surface area contributed by atoms with Gasteiger partial charge in [-0.3, -0.25) is 4.79 Å². The van der Waals surface area contributed by atoms with Gasteiger partial charge >= 0.3 is 5.97 Å². The monoisotopic (exact) mass is 250 g/mol. The first kappa shape index (κ1) is 12.7. The third-order valence-corrected chi connectivity index (χ3v) is 3.25. The van der Waals surface area contributed by atoms with Crippen LogP contribution in [0.3, 0.4) is 0 Å². The summed E-state index contributed by atoms with van der Waals surface area (Å²) >= 11 is 0. The minimum Gasteiger partial charge on any atom is -0.493 e. The van der Waals surface area contributed by atoms with Crippen LogP contribution in [0.25, 0.3) is 0 Å². The molecule has 0 fully saturated rings. The molecule has 98 valence electrons. The first-order valence-electron chi connectivity index (χ1n) is 6.00. The van der Waals surface area contributed by atoms with E-state index in [1.54, 1.807) is 21.0 Å². The number of hydrogen-bond acceptors (Lipinski definition) is 3. The third-order valence-electron chi connectivity index (χ3n) is 3.25. The predicted octanol–water partition coefficient (Wildman–Crippen LogP) is 2.28. The Morgan fingerprint density at radius 1 is 1.50 bits per heavy atom. The number of methoxy groups -OCH3 is 1. The maximum Gasteiger partial charge on any atom is 0.309 e. The standard InChI is InChI=1S/C14H18O4/c1-14(2,13(15)16)8-9-6-10-4-5-18-12(10)11(7-9)17-3/h6-7H,4-5,8H2,1-3H3,(H,15,16). The average molecular weight is 250 g/mol. The number of carboxylic acid groups (broad SMARTS) is 1. The zero-order valence-electron chi connectivity index (χ0n) is 10.9. The highest BCUT2D eigenvalue weighted by Crippen LogP contribution is 2.38. The molecule has 1 aromatic carbocycles. The van der Waals surface area contributed by atoms with E-state index >= 15 is 0 Å². The molecule has 0 aromatic heterocycles. The zero-order valence-corrected chi connectivity index (χ0v) is 10.9. The minimum atomic E-state index is -0.793. The molecule has 0 aliphatic carbocycles. The highest BCUT2D eigenvalue weighted by Gasteiger charge is 2.29. The summed E-state index contributed by atoms with van der Waals surface area (Å²) in [7, 11) is 1.60. The van der Waals surface area contributed by atoms with Gasteiger partial charge in [-0.05, 0) is 31.9 Å². The molecule has 1 aliphatic rings. The van der Waals surface area contributed by atoms with E-state index in [2.05, 4.69) is 0 Å². The number of fused-ring (bicyclic) bond motifs is 1. The van der Waals surface area contributed by atoms with Gasteiger partial charge in [-0.1, -0.05) is 6.07 Å². The van der Waals surface area contributed by atoms with Crippen molar-refractivity contribution in [2.24, 2.45) is 5.41 Å². The van der Waals surface area contributed by atoms with Crippen molar-refractivity contribution in [1.29, 1.82) is 0 Å². The third kappa shape index (κ3) is 2.28. The minimum absolute atomic E-state index is 0.478. The lowest BCUT2D eigenvalue weighted by atomic mass is 9.85. The lowest BCUT2D eigenvalue weighted by molar-refractivity contribution is -0.146. The second kappa shape index (κ2) is 4.52. The number of carbonyl (C=O) groups is 1. The van der Waals surface area contributed by atoms with Crippen LogP contribution in [0.15, 0.2) is 12.1 Å². The van der Waals surface area contributed by atoms with Crippen LogP contribution in [-0.2, 0) is 17.6 Å². The summed E-state index contributed by atoms with van der Waals surface area (Å²) in [4.78, 5) is 11.2. The average Bonchev–Trinajstić information content (AvgIpc) is 2.75. The number of carboxylic acids is 1. The van der Waals surface area contributed by atoms with E-state index < -0.39 is 11.4 Å². The van der Waals surface area contributed by atoms with E-state index in [-0.39, 0.29) is 0 Å². The molecule has 0 radical (unpaired) electrons. The molecule has 0 amide bonds. The summed E-state index contributed by atoms with van der Waals surface area (Å²) in [5, 5.41) is 9.17. The second-order valence-electron chi connectivity index (χ2n) is 5.25. The van der Waals surface area contributed by atoms with Gasteiger partial charge in [0.15, 0.2) is 11.5 Å². The number of rotatable bonds is 4. The highest BCUT2D eigenvalue weighted by molar-refractivity contribution is 5.74. The molecule has 1 heterocycles. The smallest absolute Gasteiger partial charge is 0.309 e. The molecule has 2 rings (SSSR count). The number of hydrogen-bond donors (Lipinski definition) is 1. The van der Waals surface area contributed by atoms with E-state index in [4.69, 9.17) is 14.6 Å². The van der Waals surface area contributed by atoms with Crippen molar-refractivity contribution < 1.29 is 19.4 Å². The van der Waals surface area contributed by atoms with Crippen molar-refractivity contribution in [2.75, 3.05) is 13.7 Å². The van der Waals surface area contributed by atoms with E-state index in [1.165, 1.54) is 0 Å². The van der Waals surface area contributed by atoms with Gasteiger partial charge in [-0.25, -0.2) is 0 Å². The molecule has 0 unspecified atom stereocenters. The van der Waals surface area contributed by atoms with Crippen LogP contribution in [0.4, 0.5) is 0 Å². The Morgan fingerprint density at radius 2 is 2.22 bits per heavy atom. The van der Waals surface area contributed by atoms with Crippen molar-refractivity contribution in [1.82, 2.24) is 0 Å². The first-order valence-corrected chi connectivity index (χ1v) is 6.00. The van der Waals surface area contributed by atoms with Gasteiger partial charge in [0.1, 0.15) is 0 Å². The van der Waals surface area contributed by atoms with Crippen LogP contribution < -0.4 is 9.47 Å². The fourth-order valence-electron chi connectivity index (χ4n) is 2.18. The highest BCUT2D eigenvalue weighted by atomic mass is 16.5. The Morgan fingerprint density at radius 3 is 2.83 bits per heavy atom. The van der Waals surface area contributed by atoms with Crippen molar-refractivity contribution in [2.45, 2.75) is 26.7 Å². The van der Waals surface area contributed by atoms with Crippen LogP contribution in [0.2, 0.25) is 0 Å². The number of benzene rings is 1.